The molecule has 1 amide bonds. The fraction of sp³-hybridized carbons (Fsp3) is 0.500. The number of hydrogen-bond acceptors (Lipinski definition) is 8. The summed E-state index contributed by atoms with van der Waals surface area (Å²) in [4.78, 5) is 35.9. The molecule has 1 N–H and O–H groups in total. The van der Waals surface area contributed by atoms with Crippen molar-refractivity contribution in [2.75, 3.05) is 66.4 Å². The highest BCUT2D eigenvalue weighted by Gasteiger charge is 2.29. The van der Waals surface area contributed by atoms with Crippen molar-refractivity contribution in [3.63, 3.8) is 0 Å². The monoisotopic (exact) mass is 557 g/mol. The third-order valence-corrected chi connectivity index (χ3v) is 6.48. The topological polar surface area (TPSA) is 121 Å². The molecule has 0 bridgehead atoms. The summed E-state index contributed by atoms with van der Waals surface area (Å²) < 4.78 is 27.0. The fourth-order valence-electron chi connectivity index (χ4n) is 4.37. The number of benzene rings is 2. The Bertz CT molecular complexity index is 1040. The number of hydrogen-bond donors (Lipinski definition) is 1. The minimum absolute atomic E-state index is 0.0269. The largest absolute Gasteiger partial charge is 0.481 e. The minimum Gasteiger partial charge on any atom is -0.481 e. The van der Waals surface area contributed by atoms with Crippen molar-refractivity contribution in [2.45, 2.75) is 31.6 Å². The van der Waals surface area contributed by atoms with Gasteiger partial charge in [0, 0.05) is 32.4 Å². The van der Waals surface area contributed by atoms with E-state index in [-0.39, 0.29) is 50.6 Å². The average molecular weight is 558 g/mol. The molecule has 0 radical (unpaired) electrons. The normalized spacial score (nSPS) is 12.0. The van der Waals surface area contributed by atoms with Crippen molar-refractivity contribution in [1.29, 1.82) is 0 Å². The van der Waals surface area contributed by atoms with Crippen molar-refractivity contribution in [3.05, 3.63) is 59.7 Å². The summed E-state index contributed by atoms with van der Waals surface area (Å²) in [5, 5.41) is 8.55. The van der Waals surface area contributed by atoms with Gasteiger partial charge in [-0.15, -0.1) is 0 Å². The predicted molar refractivity (Wildman–Crippen MR) is 147 cm³/mol. The Balaban J connectivity index is 1.16. The van der Waals surface area contributed by atoms with E-state index in [9.17, 15) is 14.4 Å². The Morgan fingerprint density at radius 3 is 1.85 bits per heavy atom. The van der Waals surface area contributed by atoms with E-state index >= 15 is 0 Å². The Morgan fingerprint density at radius 2 is 1.25 bits per heavy atom. The molecule has 0 aromatic heterocycles. The van der Waals surface area contributed by atoms with Crippen LogP contribution in [0.1, 0.15) is 42.7 Å². The lowest BCUT2D eigenvalue weighted by Crippen LogP contribution is -2.32. The Kier molecular flexibility index (Phi) is 13.4. The first kappa shape index (κ1) is 31.1. The van der Waals surface area contributed by atoms with Crippen LogP contribution >= 0.6 is 0 Å². The van der Waals surface area contributed by atoms with Crippen LogP contribution in [0.5, 0.6) is 0 Å². The van der Waals surface area contributed by atoms with E-state index < -0.39 is 5.97 Å². The van der Waals surface area contributed by atoms with Crippen LogP contribution in [0.2, 0.25) is 0 Å². The van der Waals surface area contributed by atoms with Crippen molar-refractivity contribution in [1.82, 2.24) is 4.90 Å². The van der Waals surface area contributed by atoms with E-state index in [4.69, 9.17) is 28.8 Å². The van der Waals surface area contributed by atoms with E-state index in [1.165, 1.54) is 27.2 Å². The van der Waals surface area contributed by atoms with Gasteiger partial charge in [0.25, 0.3) is 0 Å². The van der Waals surface area contributed by atoms with Crippen LogP contribution in [-0.2, 0) is 33.3 Å². The molecule has 2 aromatic rings. The maximum absolute atomic E-state index is 12.5. The van der Waals surface area contributed by atoms with Crippen molar-refractivity contribution >= 4 is 18.0 Å². The lowest BCUT2D eigenvalue weighted by molar-refractivity contribution is -0.146. The summed E-state index contributed by atoms with van der Waals surface area (Å²) in [6, 6.07) is 16.5. The molecular weight excluding hydrogens is 518 g/mol. The summed E-state index contributed by atoms with van der Waals surface area (Å²) in [6.07, 6.45) is 0.824. The molecule has 0 heterocycles. The van der Waals surface area contributed by atoms with Crippen LogP contribution in [0.25, 0.3) is 11.1 Å². The molecule has 40 heavy (non-hydrogen) atoms. The Labute approximate surface area is 235 Å². The number of likely N-dealkylation sites (N-methyl/N-ethyl adjacent to an activating group) is 1. The van der Waals surface area contributed by atoms with Gasteiger partial charge in [-0.25, -0.2) is 4.79 Å². The van der Waals surface area contributed by atoms with Crippen LogP contribution in [0.3, 0.4) is 0 Å². The molecule has 1 aliphatic carbocycles. The average Bonchev–Trinajstić information content (AvgIpc) is 3.28. The number of carboxylic acid groups (broad SMARTS) is 1. The highest BCUT2D eigenvalue weighted by atomic mass is 16.6. The quantitative estimate of drug-likeness (QED) is 0.201. The molecule has 0 saturated heterocycles. The number of esters is 1. The van der Waals surface area contributed by atoms with Crippen LogP contribution in [-0.4, -0.2) is 94.5 Å². The first-order valence-corrected chi connectivity index (χ1v) is 13.6. The zero-order chi connectivity index (χ0) is 28.6. The van der Waals surface area contributed by atoms with E-state index in [2.05, 4.69) is 24.3 Å². The molecule has 2 aromatic carbocycles. The molecule has 0 saturated carbocycles. The van der Waals surface area contributed by atoms with Gasteiger partial charge >= 0.3 is 18.0 Å². The molecule has 3 rings (SSSR count). The van der Waals surface area contributed by atoms with Gasteiger partial charge in [-0.1, -0.05) is 48.5 Å². The van der Waals surface area contributed by atoms with Gasteiger partial charge < -0.3 is 33.7 Å². The molecule has 218 valence electrons. The number of rotatable bonds is 19. The summed E-state index contributed by atoms with van der Waals surface area (Å²) >= 11 is 0. The van der Waals surface area contributed by atoms with E-state index in [0.717, 1.165) is 0 Å². The number of carbonyl (C=O) groups is 3. The number of nitrogens with zero attached hydrogens (tertiary/aromatic N) is 1. The first-order valence-electron chi connectivity index (χ1n) is 13.6. The summed E-state index contributed by atoms with van der Waals surface area (Å²) in [6.45, 7) is 2.99. The highest BCUT2D eigenvalue weighted by molar-refractivity contribution is 5.79. The fourth-order valence-corrected chi connectivity index (χ4v) is 4.37. The number of amides is 1. The second-order valence-corrected chi connectivity index (χ2v) is 9.38. The number of carbonyl (C=O) groups excluding carboxylic acids is 2. The molecule has 10 nitrogen and oxygen atoms in total. The second kappa shape index (κ2) is 17.3. The third kappa shape index (κ3) is 10.3. The standard InChI is InChI=1S/C30H39NO9/c1-31(30(35)40-22-27-25-10-4-2-8-23(25)24-9-3-5-11-26(24)27)14-15-36-16-17-37-18-19-38-20-21-39-29(34)13-7-6-12-28(32)33/h2-5,8-11,27H,6-7,12-22H2,1H3,(H,32,33). The third-order valence-electron chi connectivity index (χ3n) is 6.48. The van der Waals surface area contributed by atoms with Crippen molar-refractivity contribution in [3.8, 4) is 11.1 Å². The SMILES string of the molecule is CN(CCOCCOCCOCCOC(=O)CCCCC(=O)O)C(=O)OCC1c2ccccc2-c2ccccc21. The second-order valence-electron chi connectivity index (χ2n) is 9.38. The molecule has 10 heteroatoms. The molecular formula is C30H39NO9. The lowest BCUT2D eigenvalue weighted by Gasteiger charge is -2.19. The molecule has 1 aliphatic rings. The minimum atomic E-state index is -0.866. The molecule has 0 spiro atoms. The first-order chi connectivity index (χ1) is 19.5. The van der Waals surface area contributed by atoms with Gasteiger partial charge in [0.2, 0.25) is 0 Å². The number of fused-ring (bicyclic) bond motifs is 3. The number of aliphatic carboxylic acids is 1. The molecule has 0 aliphatic heterocycles. The maximum atomic E-state index is 12.5. The van der Waals surface area contributed by atoms with Gasteiger partial charge in [-0.2, -0.15) is 0 Å². The summed E-state index contributed by atoms with van der Waals surface area (Å²) in [5.41, 5.74) is 4.74. The lowest BCUT2D eigenvalue weighted by atomic mass is 9.98. The maximum Gasteiger partial charge on any atom is 0.409 e. The van der Waals surface area contributed by atoms with Crippen LogP contribution < -0.4 is 0 Å². The van der Waals surface area contributed by atoms with Gasteiger partial charge in [-0.05, 0) is 35.1 Å². The molecule has 0 fully saturated rings. The van der Waals surface area contributed by atoms with Gasteiger partial charge in [0.05, 0.1) is 39.6 Å². The van der Waals surface area contributed by atoms with Gasteiger partial charge in [-0.3, -0.25) is 9.59 Å². The zero-order valence-electron chi connectivity index (χ0n) is 23.0. The number of ether oxygens (including phenoxy) is 5. The predicted octanol–water partition coefficient (Wildman–Crippen LogP) is 4.11. The molecule has 0 atom stereocenters. The van der Waals surface area contributed by atoms with Crippen LogP contribution in [0.4, 0.5) is 4.79 Å². The molecule has 0 unspecified atom stereocenters. The van der Waals surface area contributed by atoms with E-state index in [0.29, 0.717) is 52.4 Å². The van der Waals surface area contributed by atoms with Gasteiger partial charge in [0.15, 0.2) is 0 Å². The smallest absolute Gasteiger partial charge is 0.409 e. The van der Waals surface area contributed by atoms with E-state index in [1.54, 1.807) is 7.05 Å². The Hall–Kier alpha value is -3.47. The number of unbranched alkanes of at least 4 members (excludes halogenated alkanes) is 1. The van der Waals surface area contributed by atoms with Crippen LogP contribution in [0.15, 0.2) is 48.5 Å². The van der Waals surface area contributed by atoms with Crippen molar-refractivity contribution in [2.24, 2.45) is 0 Å². The summed E-state index contributed by atoms with van der Waals surface area (Å²) in [7, 11) is 1.69. The number of carboxylic acids is 1. The van der Waals surface area contributed by atoms with E-state index in [1.807, 2.05) is 24.3 Å². The Morgan fingerprint density at radius 1 is 0.725 bits per heavy atom. The van der Waals surface area contributed by atoms with Gasteiger partial charge in [0.1, 0.15) is 13.2 Å². The van der Waals surface area contributed by atoms with Crippen molar-refractivity contribution < 1.29 is 43.2 Å². The van der Waals surface area contributed by atoms with Crippen LogP contribution in [0, 0.1) is 0 Å². The highest BCUT2D eigenvalue weighted by Crippen LogP contribution is 2.44. The zero-order valence-corrected chi connectivity index (χ0v) is 23.0. The summed E-state index contributed by atoms with van der Waals surface area (Å²) in [5.74, 6) is -1.19.